The summed E-state index contributed by atoms with van der Waals surface area (Å²) < 4.78 is 15.6. The molecule has 1 heterocycles. The summed E-state index contributed by atoms with van der Waals surface area (Å²) in [4.78, 5) is 21.2. The van der Waals surface area contributed by atoms with E-state index in [0.29, 0.717) is 18.9 Å². The summed E-state index contributed by atoms with van der Waals surface area (Å²) in [6.07, 6.45) is 1.59. The van der Waals surface area contributed by atoms with Crippen LogP contribution in [0.25, 0.3) is 0 Å². The molecule has 0 fully saturated rings. The SMILES string of the molecule is CCNCCc1ncc(P(=O)(O)O)o1. The van der Waals surface area contributed by atoms with E-state index in [1.54, 1.807) is 0 Å². The minimum atomic E-state index is -4.29. The zero-order valence-electron chi connectivity index (χ0n) is 7.80. The molecule has 0 saturated heterocycles. The van der Waals surface area contributed by atoms with E-state index in [1.165, 1.54) is 0 Å². The summed E-state index contributed by atoms with van der Waals surface area (Å²) in [5.74, 6) is 0.337. The molecule has 0 aromatic carbocycles. The Hall–Kier alpha value is -0.680. The summed E-state index contributed by atoms with van der Waals surface area (Å²) in [5, 5.41) is 3.05. The van der Waals surface area contributed by atoms with Crippen LogP contribution in [0.15, 0.2) is 10.6 Å². The lowest BCUT2D eigenvalue weighted by molar-refractivity contribution is 0.373. The fourth-order valence-electron chi connectivity index (χ4n) is 0.923. The minimum absolute atomic E-state index is 0.337. The van der Waals surface area contributed by atoms with Crippen molar-refractivity contribution in [3.05, 3.63) is 12.1 Å². The van der Waals surface area contributed by atoms with Crippen molar-refractivity contribution >= 4 is 13.1 Å². The van der Waals surface area contributed by atoms with Crippen molar-refractivity contribution in [2.75, 3.05) is 13.1 Å². The fraction of sp³-hybridized carbons (Fsp3) is 0.571. The van der Waals surface area contributed by atoms with E-state index >= 15 is 0 Å². The van der Waals surface area contributed by atoms with Gasteiger partial charge in [0.2, 0.25) is 5.50 Å². The van der Waals surface area contributed by atoms with Crippen molar-refractivity contribution in [2.45, 2.75) is 13.3 Å². The molecule has 7 heteroatoms. The first-order valence-electron chi connectivity index (χ1n) is 4.25. The molecular formula is C7H13N2O4P. The summed E-state index contributed by atoms with van der Waals surface area (Å²) in [6.45, 7) is 3.49. The summed E-state index contributed by atoms with van der Waals surface area (Å²) >= 11 is 0. The van der Waals surface area contributed by atoms with Gasteiger partial charge in [0.15, 0.2) is 5.89 Å². The van der Waals surface area contributed by atoms with E-state index in [9.17, 15) is 4.57 Å². The smallest absolute Gasteiger partial charge is 0.392 e. The summed E-state index contributed by atoms with van der Waals surface area (Å²) in [5.41, 5.74) is -0.371. The van der Waals surface area contributed by atoms with Gasteiger partial charge in [-0.05, 0) is 6.54 Å². The Morgan fingerprint density at radius 2 is 2.36 bits per heavy atom. The fourth-order valence-corrected chi connectivity index (χ4v) is 1.36. The van der Waals surface area contributed by atoms with Crippen LogP contribution in [0.2, 0.25) is 0 Å². The van der Waals surface area contributed by atoms with Crippen LogP contribution < -0.4 is 10.8 Å². The molecule has 6 nitrogen and oxygen atoms in total. The zero-order chi connectivity index (χ0) is 10.6. The second kappa shape index (κ2) is 4.70. The molecule has 1 aromatic rings. The van der Waals surface area contributed by atoms with Crippen LogP contribution in [0.3, 0.4) is 0 Å². The van der Waals surface area contributed by atoms with Gasteiger partial charge in [-0.25, -0.2) is 4.98 Å². The molecule has 14 heavy (non-hydrogen) atoms. The van der Waals surface area contributed by atoms with Crippen LogP contribution >= 0.6 is 7.60 Å². The Bertz CT molecular complexity index is 332. The Kier molecular flexibility index (Phi) is 3.83. The van der Waals surface area contributed by atoms with Gasteiger partial charge >= 0.3 is 7.60 Å². The maximum absolute atomic E-state index is 10.7. The number of hydrogen-bond donors (Lipinski definition) is 3. The van der Waals surface area contributed by atoms with E-state index in [0.717, 1.165) is 12.7 Å². The van der Waals surface area contributed by atoms with E-state index < -0.39 is 7.60 Å². The molecule has 0 amide bonds. The molecule has 0 aliphatic rings. The maximum Gasteiger partial charge on any atom is 0.392 e. The van der Waals surface area contributed by atoms with E-state index in [-0.39, 0.29) is 5.50 Å². The number of likely N-dealkylation sites (N-methyl/N-ethyl adjacent to an activating group) is 1. The molecule has 0 radical (unpaired) electrons. The number of aromatic nitrogens is 1. The number of nitrogens with one attached hydrogen (secondary N) is 1. The van der Waals surface area contributed by atoms with Crippen LogP contribution in [0.1, 0.15) is 12.8 Å². The van der Waals surface area contributed by atoms with Crippen LogP contribution in [0, 0.1) is 0 Å². The largest absolute Gasteiger partial charge is 0.433 e. The van der Waals surface area contributed by atoms with Crippen molar-refractivity contribution in [1.82, 2.24) is 10.3 Å². The average molecular weight is 220 g/mol. The molecule has 0 spiro atoms. The summed E-state index contributed by atoms with van der Waals surface area (Å²) in [7, 11) is -4.29. The molecule has 3 N–H and O–H groups in total. The lowest BCUT2D eigenvalue weighted by Gasteiger charge is -1.98. The van der Waals surface area contributed by atoms with Gasteiger partial charge in [0, 0.05) is 13.0 Å². The Labute approximate surface area is 81.5 Å². The first-order chi connectivity index (χ1) is 6.54. The number of oxazole rings is 1. The second-order valence-corrected chi connectivity index (χ2v) is 4.27. The molecule has 0 saturated carbocycles. The van der Waals surface area contributed by atoms with Gasteiger partial charge in [-0.2, -0.15) is 0 Å². The van der Waals surface area contributed by atoms with Crippen LogP contribution in [0.5, 0.6) is 0 Å². The molecule has 80 valence electrons. The van der Waals surface area contributed by atoms with Crippen molar-refractivity contribution in [3.63, 3.8) is 0 Å². The van der Waals surface area contributed by atoms with Gasteiger partial charge in [0.25, 0.3) is 0 Å². The topological polar surface area (TPSA) is 95.6 Å². The van der Waals surface area contributed by atoms with Crippen LogP contribution in [0.4, 0.5) is 0 Å². The van der Waals surface area contributed by atoms with Gasteiger partial charge < -0.3 is 19.5 Å². The third-order valence-corrected chi connectivity index (χ3v) is 2.38. The average Bonchev–Trinajstić information content (AvgIpc) is 2.52. The van der Waals surface area contributed by atoms with Crippen molar-refractivity contribution < 1.29 is 18.8 Å². The van der Waals surface area contributed by atoms with E-state index in [4.69, 9.17) is 14.2 Å². The molecule has 1 rings (SSSR count). The van der Waals surface area contributed by atoms with Crippen molar-refractivity contribution in [1.29, 1.82) is 0 Å². The van der Waals surface area contributed by atoms with Gasteiger partial charge in [-0.3, -0.25) is 4.57 Å². The first kappa shape index (κ1) is 11.4. The maximum atomic E-state index is 10.7. The van der Waals surface area contributed by atoms with Gasteiger partial charge in [-0.1, -0.05) is 6.92 Å². The Balaban J connectivity index is 2.56. The van der Waals surface area contributed by atoms with Gasteiger partial charge in [0.05, 0.1) is 6.20 Å². The highest BCUT2D eigenvalue weighted by Crippen LogP contribution is 2.32. The van der Waals surface area contributed by atoms with Gasteiger partial charge in [-0.15, -0.1) is 0 Å². The predicted octanol–water partition coefficient (Wildman–Crippen LogP) is -0.370. The van der Waals surface area contributed by atoms with Crippen LogP contribution in [-0.2, 0) is 11.0 Å². The minimum Gasteiger partial charge on any atom is -0.433 e. The standard InChI is InChI=1S/C7H13N2O4P/c1-2-8-4-3-6-9-5-7(13-6)14(10,11)12/h5,8H,2-4H2,1H3,(H2,10,11,12). The Morgan fingerprint density at radius 3 is 2.86 bits per heavy atom. The zero-order valence-corrected chi connectivity index (χ0v) is 8.70. The third kappa shape index (κ3) is 3.23. The first-order valence-corrected chi connectivity index (χ1v) is 5.87. The number of hydrogen-bond acceptors (Lipinski definition) is 4. The number of nitrogens with zero attached hydrogens (tertiary/aromatic N) is 1. The van der Waals surface area contributed by atoms with Crippen LogP contribution in [-0.4, -0.2) is 27.9 Å². The Morgan fingerprint density at radius 1 is 1.64 bits per heavy atom. The molecule has 0 aliphatic heterocycles. The highest BCUT2D eigenvalue weighted by Gasteiger charge is 2.22. The van der Waals surface area contributed by atoms with E-state index in [1.807, 2.05) is 6.92 Å². The lowest BCUT2D eigenvalue weighted by Crippen LogP contribution is -2.16. The monoisotopic (exact) mass is 220 g/mol. The second-order valence-electron chi connectivity index (χ2n) is 2.74. The van der Waals surface area contributed by atoms with Crippen molar-refractivity contribution in [2.24, 2.45) is 0 Å². The predicted molar refractivity (Wildman–Crippen MR) is 50.4 cm³/mol. The van der Waals surface area contributed by atoms with Gasteiger partial charge in [0.1, 0.15) is 0 Å². The summed E-state index contributed by atoms with van der Waals surface area (Å²) in [6, 6.07) is 0. The molecule has 0 unspecified atom stereocenters. The third-order valence-electron chi connectivity index (χ3n) is 1.59. The lowest BCUT2D eigenvalue weighted by atomic mass is 10.4. The normalized spacial score (nSPS) is 11.9. The highest BCUT2D eigenvalue weighted by molar-refractivity contribution is 7.59. The molecule has 0 aliphatic carbocycles. The highest BCUT2D eigenvalue weighted by atomic mass is 31.2. The number of rotatable bonds is 5. The molecule has 0 bridgehead atoms. The van der Waals surface area contributed by atoms with Crippen molar-refractivity contribution in [3.8, 4) is 0 Å². The van der Waals surface area contributed by atoms with E-state index in [2.05, 4.69) is 10.3 Å². The molecular weight excluding hydrogens is 207 g/mol. The molecule has 0 atom stereocenters. The quantitative estimate of drug-likeness (QED) is 0.463. The molecule has 1 aromatic heterocycles.